The smallest absolute Gasteiger partial charge is 0.822 e. The molecule has 0 aromatic carbocycles. The average Bonchev–Trinajstić information content (AvgIpc) is 1.12. The Balaban J connectivity index is -0.00000000213. The Hall–Kier alpha value is 1.73. The Morgan fingerprint density at radius 2 is 0.320 bits per heavy atom. The third kappa shape index (κ3) is 4860. The van der Waals surface area contributed by atoms with Crippen LogP contribution in [0.5, 0.6) is 0 Å². The fourth-order valence-electron chi connectivity index (χ4n) is 0. The number of rotatable bonds is 0. The van der Waals surface area contributed by atoms with Crippen LogP contribution in [0.1, 0.15) is 0 Å². The predicted octanol–water partition coefficient (Wildman–Crippen LogP) is -11.4. The van der Waals surface area contributed by atoms with E-state index in [2.05, 4.69) is 0 Å². The molecule has 0 saturated carbocycles. The number of phosphoric acid groups is 2. The summed E-state index contributed by atoms with van der Waals surface area (Å²) < 4.78 is 17.1. The fraction of sp³-hybridized carbons (Fsp3) is 0. The largest absolute Gasteiger partial charge is 2.00 e. The van der Waals surface area contributed by atoms with Crippen molar-refractivity contribution < 1.29 is 99.8 Å². The SMILES string of the molecule is O=P([O-])([O-])[O-].O=P([O-])([O-])[O-].[N].[N].[N].[N].[N].[N].[N].[N].[N].[N].[N].[N].[Pd+2].[Pd+2].[Pd+2]. The van der Waals surface area contributed by atoms with Crippen molar-refractivity contribution >= 4 is 15.6 Å². The van der Waals surface area contributed by atoms with Crippen LogP contribution >= 0.6 is 15.6 Å². The summed E-state index contributed by atoms with van der Waals surface area (Å²) in [4.78, 5) is 51.3. The van der Waals surface area contributed by atoms with Crippen LogP contribution < -0.4 is 103 Å². The second-order valence-corrected chi connectivity index (χ2v) is 2.68. The summed E-state index contributed by atoms with van der Waals surface area (Å²) in [6.45, 7) is 0. The number of hydrogen-bond acceptors (Lipinski definition) is 8. The quantitative estimate of drug-likeness (QED) is 0.174. The third-order valence-electron chi connectivity index (χ3n) is 0. The fourth-order valence-corrected chi connectivity index (χ4v) is 0. The van der Waals surface area contributed by atoms with Crippen LogP contribution in [0.4, 0.5) is 0 Å². The summed E-state index contributed by atoms with van der Waals surface area (Å²) in [5.74, 6) is 0. The summed E-state index contributed by atoms with van der Waals surface area (Å²) in [5, 5.41) is 0. The zero-order valence-electron chi connectivity index (χ0n) is 10.5. The van der Waals surface area contributed by atoms with Crippen molar-refractivity contribution in [3.8, 4) is 0 Å². The summed E-state index contributed by atoms with van der Waals surface area (Å²) >= 11 is 0. The zero-order valence-corrected chi connectivity index (χ0v) is 16.9. The van der Waals surface area contributed by atoms with Gasteiger partial charge >= 0.3 is 61.3 Å². The minimum atomic E-state index is -5.39. The molecule has 0 aliphatic carbocycles. The molecular weight excluding hydrogens is 677 g/mol. The van der Waals surface area contributed by atoms with Crippen LogP contribution in [0.2, 0.25) is 0 Å². The first-order valence-electron chi connectivity index (χ1n) is 1.46. The van der Waals surface area contributed by atoms with Gasteiger partial charge in [0.05, 0.1) is 0 Å². The van der Waals surface area contributed by atoms with Crippen LogP contribution in [0.15, 0.2) is 0 Å². The van der Waals surface area contributed by atoms with Gasteiger partial charge in [0.25, 0.3) is 0 Å². The number of hydrogen-bond donors (Lipinski definition) is 0. The molecule has 36 radical (unpaired) electrons. The van der Waals surface area contributed by atoms with E-state index in [9.17, 15) is 0 Å². The predicted molar refractivity (Wildman–Crippen MR) is 40.8 cm³/mol. The van der Waals surface area contributed by atoms with Crippen molar-refractivity contribution in [2.24, 2.45) is 0 Å². The molecule has 0 saturated heterocycles. The van der Waals surface area contributed by atoms with E-state index in [1.807, 2.05) is 0 Å². The average molecular weight is 677 g/mol. The minimum absolute atomic E-state index is 0. The zero-order chi connectivity index (χ0) is 9.00. The first-order valence-corrected chi connectivity index (χ1v) is 4.38. The Bertz CT molecular complexity index is 155. The summed E-state index contributed by atoms with van der Waals surface area (Å²) in [5.41, 5.74) is 0. The summed E-state index contributed by atoms with van der Waals surface area (Å²) in [7, 11) is -10.8. The standard InChI is InChI=1S/12N.2H3O4P.3Pd/c;;;;;;;;;;;;2*1-5(2,3)4;;;/h;;;;;;;;;;;;2*(H3,1,2,3,4);;;/q;;;;;;;;;;;;;;3*+2/p-6. The van der Waals surface area contributed by atoms with E-state index in [0.29, 0.717) is 0 Å². The molecule has 20 nitrogen and oxygen atoms in total. The first kappa shape index (κ1) is 187. The Kier molecular flexibility index (Phi) is 624. The topological polar surface area (TPSA) is 538 Å². The maximum Gasteiger partial charge on any atom is 2.00 e. The van der Waals surface area contributed by atoms with Gasteiger partial charge in [0.1, 0.15) is 0 Å². The van der Waals surface area contributed by atoms with Crippen LogP contribution in [-0.2, 0) is 70.4 Å². The molecule has 0 fully saturated rings. The van der Waals surface area contributed by atoms with Gasteiger partial charge in [0.15, 0.2) is 0 Å². The van der Waals surface area contributed by atoms with E-state index < -0.39 is 15.6 Å². The molecule has 0 bridgehead atoms. The maximum atomic E-state index is 8.55. The normalized spacial score (nSPS) is 4.72. The molecular formula is N12O8P2Pd3. The molecule has 0 heterocycles. The van der Waals surface area contributed by atoms with Gasteiger partial charge in [-0.25, -0.2) is 0 Å². The van der Waals surface area contributed by atoms with Gasteiger partial charge in [-0.15, -0.1) is 0 Å². The Labute approximate surface area is 188 Å². The van der Waals surface area contributed by atoms with E-state index in [0.717, 1.165) is 0 Å². The van der Waals surface area contributed by atoms with Crippen molar-refractivity contribution in [3.63, 3.8) is 0 Å². The van der Waals surface area contributed by atoms with Gasteiger partial charge in [-0.3, -0.25) is 0 Å². The maximum absolute atomic E-state index is 8.55. The van der Waals surface area contributed by atoms with Crippen LogP contribution in [0.3, 0.4) is 0 Å². The van der Waals surface area contributed by atoms with Crippen LogP contribution in [0.25, 0.3) is 0 Å². The van der Waals surface area contributed by atoms with Gasteiger partial charge in [-0.05, 0) is 0 Å². The van der Waals surface area contributed by atoms with E-state index >= 15 is 0 Å². The molecule has 0 atom stereocenters. The molecule has 0 aromatic rings. The molecule has 25 heavy (non-hydrogen) atoms. The summed E-state index contributed by atoms with van der Waals surface area (Å²) in [6, 6.07) is 0. The van der Waals surface area contributed by atoms with Gasteiger partial charge in [0, 0.05) is 73.8 Å². The van der Waals surface area contributed by atoms with Gasteiger partial charge in [-0.2, -0.15) is 15.6 Å². The first-order chi connectivity index (χ1) is 4.00. The van der Waals surface area contributed by atoms with E-state index in [1.165, 1.54) is 0 Å². The van der Waals surface area contributed by atoms with Crippen molar-refractivity contribution in [1.82, 2.24) is 73.8 Å². The molecule has 25 heteroatoms. The van der Waals surface area contributed by atoms with E-state index in [1.54, 1.807) is 0 Å². The Morgan fingerprint density at radius 3 is 0.320 bits per heavy atom. The molecule has 0 amide bonds. The van der Waals surface area contributed by atoms with Crippen molar-refractivity contribution in [2.75, 3.05) is 0 Å². The second kappa shape index (κ2) is 83.5. The third-order valence-corrected chi connectivity index (χ3v) is 0. The molecule has 0 aliphatic heterocycles. The van der Waals surface area contributed by atoms with Crippen molar-refractivity contribution in [1.29, 1.82) is 0 Å². The van der Waals surface area contributed by atoms with E-state index in [-0.39, 0.29) is 135 Å². The monoisotopic (exact) mass is 676 g/mol. The molecule has 0 aromatic heterocycles. The molecule has 0 unspecified atom stereocenters. The van der Waals surface area contributed by atoms with Crippen LogP contribution in [-0.4, -0.2) is 0 Å². The second-order valence-electron chi connectivity index (χ2n) is 0.894. The van der Waals surface area contributed by atoms with Gasteiger partial charge < -0.3 is 38.5 Å². The molecule has 0 N–H and O–H groups in total. The molecule has 148 valence electrons. The van der Waals surface area contributed by atoms with Crippen molar-refractivity contribution in [2.45, 2.75) is 0 Å². The van der Waals surface area contributed by atoms with Gasteiger partial charge in [0.2, 0.25) is 0 Å². The van der Waals surface area contributed by atoms with Crippen LogP contribution in [0, 0.1) is 0 Å². The number of nitrogens with zero attached hydrogens (tertiary/aromatic N) is 12. The van der Waals surface area contributed by atoms with Crippen molar-refractivity contribution in [3.05, 3.63) is 0 Å². The molecule has 0 spiro atoms. The molecule has 0 rings (SSSR count). The summed E-state index contributed by atoms with van der Waals surface area (Å²) in [6.07, 6.45) is 0. The minimum Gasteiger partial charge on any atom is -0.822 e. The molecule has 0 aliphatic rings. The Morgan fingerprint density at radius 1 is 0.320 bits per heavy atom. The van der Waals surface area contributed by atoms with Gasteiger partial charge in [-0.1, -0.05) is 0 Å². The van der Waals surface area contributed by atoms with E-state index in [4.69, 9.17) is 38.5 Å².